The molecule has 2 heterocycles. The summed E-state index contributed by atoms with van der Waals surface area (Å²) in [7, 11) is 0. The zero-order chi connectivity index (χ0) is 17.1. The summed E-state index contributed by atoms with van der Waals surface area (Å²) < 4.78 is 27.6. The standard InChI is InChI=1S/C18H19F2N3O/c1-11(23-18(24)16-6-3-9-21-16)12-7-8-15(22-10-12)17-13(19)4-2-5-14(17)20/h2,4-5,7-8,10-11,16,21H,3,6,9H2,1H3,(H,23,24). The SMILES string of the molecule is CC(NC(=O)C1CCCN1)c1ccc(-c2c(F)cccc2F)nc1. The van der Waals surface area contributed by atoms with Gasteiger partial charge in [-0.15, -0.1) is 0 Å². The smallest absolute Gasteiger partial charge is 0.237 e. The van der Waals surface area contributed by atoms with Gasteiger partial charge in [-0.25, -0.2) is 8.78 Å². The number of rotatable bonds is 4. The van der Waals surface area contributed by atoms with Crippen LogP contribution >= 0.6 is 0 Å². The van der Waals surface area contributed by atoms with Crippen molar-refractivity contribution in [1.82, 2.24) is 15.6 Å². The first-order chi connectivity index (χ1) is 11.6. The van der Waals surface area contributed by atoms with Crippen molar-refractivity contribution in [3.8, 4) is 11.3 Å². The van der Waals surface area contributed by atoms with Crippen LogP contribution in [0.25, 0.3) is 11.3 Å². The monoisotopic (exact) mass is 331 g/mol. The Morgan fingerprint density at radius 1 is 1.29 bits per heavy atom. The van der Waals surface area contributed by atoms with Gasteiger partial charge in [0.1, 0.15) is 11.6 Å². The largest absolute Gasteiger partial charge is 0.348 e. The highest BCUT2D eigenvalue weighted by Crippen LogP contribution is 2.25. The number of hydrogen-bond acceptors (Lipinski definition) is 3. The van der Waals surface area contributed by atoms with Crippen LogP contribution in [0.15, 0.2) is 36.5 Å². The zero-order valence-electron chi connectivity index (χ0n) is 13.4. The van der Waals surface area contributed by atoms with Crippen LogP contribution in [0.1, 0.15) is 31.4 Å². The molecule has 0 radical (unpaired) electrons. The van der Waals surface area contributed by atoms with Crippen molar-refractivity contribution in [3.63, 3.8) is 0 Å². The fourth-order valence-electron chi connectivity index (χ4n) is 2.86. The lowest BCUT2D eigenvalue weighted by atomic mass is 10.1. The molecule has 126 valence electrons. The maximum atomic E-state index is 13.8. The van der Waals surface area contributed by atoms with E-state index < -0.39 is 11.6 Å². The maximum Gasteiger partial charge on any atom is 0.237 e. The third kappa shape index (κ3) is 3.43. The summed E-state index contributed by atoms with van der Waals surface area (Å²) in [5.41, 5.74) is 0.864. The van der Waals surface area contributed by atoms with Crippen LogP contribution in [0.3, 0.4) is 0 Å². The lowest BCUT2D eigenvalue weighted by molar-refractivity contribution is -0.123. The molecule has 1 aliphatic heterocycles. The molecule has 3 rings (SSSR count). The first-order valence-electron chi connectivity index (χ1n) is 8.00. The zero-order valence-corrected chi connectivity index (χ0v) is 13.4. The fraction of sp³-hybridized carbons (Fsp3) is 0.333. The fourth-order valence-corrected chi connectivity index (χ4v) is 2.86. The van der Waals surface area contributed by atoms with Crippen LogP contribution in [0, 0.1) is 11.6 Å². The second kappa shape index (κ2) is 7.05. The predicted octanol–water partition coefficient (Wildman–Crippen LogP) is 2.96. The Bertz CT molecular complexity index is 707. The Labute approximate surface area is 139 Å². The summed E-state index contributed by atoms with van der Waals surface area (Å²) in [5, 5.41) is 6.08. The van der Waals surface area contributed by atoms with Gasteiger partial charge >= 0.3 is 0 Å². The molecule has 2 atom stereocenters. The highest BCUT2D eigenvalue weighted by Gasteiger charge is 2.23. The molecule has 6 heteroatoms. The number of halogens is 2. The van der Waals surface area contributed by atoms with E-state index in [9.17, 15) is 13.6 Å². The van der Waals surface area contributed by atoms with Gasteiger partial charge in [-0.05, 0) is 50.1 Å². The summed E-state index contributed by atoms with van der Waals surface area (Å²) in [4.78, 5) is 16.3. The second-order valence-corrected chi connectivity index (χ2v) is 5.95. The first-order valence-corrected chi connectivity index (χ1v) is 8.00. The van der Waals surface area contributed by atoms with E-state index in [2.05, 4.69) is 15.6 Å². The van der Waals surface area contributed by atoms with Crippen molar-refractivity contribution in [2.24, 2.45) is 0 Å². The quantitative estimate of drug-likeness (QED) is 0.906. The Kier molecular flexibility index (Phi) is 4.85. The molecule has 2 N–H and O–H groups in total. The molecule has 2 aromatic rings. The molecule has 1 saturated heterocycles. The molecular formula is C18H19F2N3O. The average Bonchev–Trinajstić information content (AvgIpc) is 3.10. The lowest BCUT2D eigenvalue weighted by Gasteiger charge is -2.17. The number of nitrogens with zero attached hydrogens (tertiary/aromatic N) is 1. The highest BCUT2D eigenvalue weighted by molar-refractivity contribution is 5.82. The van der Waals surface area contributed by atoms with Gasteiger partial charge in [-0.3, -0.25) is 9.78 Å². The summed E-state index contributed by atoms with van der Waals surface area (Å²) in [6, 6.07) is 6.63. The number of benzene rings is 1. The molecule has 1 amide bonds. The van der Waals surface area contributed by atoms with Crippen LogP contribution in [0.2, 0.25) is 0 Å². The van der Waals surface area contributed by atoms with Gasteiger partial charge < -0.3 is 10.6 Å². The summed E-state index contributed by atoms with van der Waals surface area (Å²) in [6.45, 7) is 2.71. The third-order valence-electron chi connectivity index (χ3n) is 4.24. The van der Waals surface area contributed by atoms with Crippen LogP contribution in [-0.2, 0) is 4.79 Å². The van der Waals surface area contributed by atoms with E-state index in [0.717, 1.165) is 24.9 Å². The summed E-state index contributed by atoms with van der Waals surface area (Å²) in [6.07, 6.45) is 3.37. The van der Waals surface area contributed by atoms with E-state index in [1.54, 1.807) is 12.1 Å². The molecule has 4 nitrogen and oxygen atoms in total. The molecule has 1 aromatic heterocycles. The number of nitrogens with one attached hydrogen (secondary N) is 2. The normalized spacial score (nSPS) is 18.4. The van der Waals surface area contributed by atoms with Crippen LogP contribution in [-0.4, -0.2) is 23.5 Å². The van der Waals surface area contributed by atoms with Crippen molar-refractivity contribution in [2.75, 3.05) is 6.54 Å². The Morgan fingerprint density at radius 3 is 2.62 bits per heavy atom. The molecule has 0 spiro atoms. The lowest BCUT2D eigenvalue weighted by Crippen LogP contribution is -2.41. The number of pyridine rings is 1. The van der Waals surface area contributed by atoms with E-state index >= 15 is 0 Å². The van der Waals surface area contributed by atoms with Crippen molar-refractivity contribution < 1.29 is 13.6 Å². The van der Waals surface area contributed by atoms with Crippen LogP contribution in [0.5, 0.6) is 0 Å². The van der Waals surface area contributed by atoms with Crippen molar-refractivity contribution in [3.05, 3.63) is 53.7 Å². The van der Waals surface area contributed by atoms with E-state index in [-0.39, 0.29) is 29.2 Å². The van der Waals surface area contributed by atoms with Gasteiger partial charge in [-0.2, -0.15) is 0 Å². The number of carbonyl (C=O) groups excluding carboxylic acids is 1. The molecule has 0 bridgehead atoms. The van der Waals surface area contributed by atoms with E-state index in [1.807, 2.05) is 6.92 Å². The predicted molar refractivity (Wildman–Crippen MR) is 87.2 cm³/mol. The number of hydrogen-bond donors (Lipinski definition) is 2. The Balaban J connectivity index is 1.73. The van der Waals surface area contributed by atoms with E-state index in [1.165, 1.54) is 24.4 Å². The molecular weight excluding hydrogens is 312 g/mol. The third-order valence-corrected chi connectivity index (χ3v) is 4.24. The van der Waals surface area contributed by atoms with Gasteiger partial charge in [0.2, 0.25) is 5.91 Å². The van der Waals surface area contributed by atoms with Crippen LogP contribution in [0.4, 0.5) is 8.78 Å². The second-order valence-electron chi connectivity index (χ2n) is 5.95. The minimum atomic E-state index is -0.649. The van der Waals surface area contributed by atoms with Gasteiger partial charge in [-0.1, -0.05) is 12.1 Å². The van der Waals surface area contributed by atoms with E-state index in [4.69, 9.17) is 0 Å². The first kappa shape index (κ1) is 16.5. The minimum absolute atomic E-state index is 0.0378. The van der Waals surface area contributed by atoms with Crippen molar-refractivity contribution >= 4 is 5.91 Å². The topological polar surface area (TPSA) is 54.0 Å². The Morgan fingerprint density at radius 2 is 2.04 bits per heavy atom. The van der Waals surface area contributed by atoms with E-state index in [0.29, 0.717) is 0 Å². The minimum Gasteiger partial charge on any atom is -0.348 e. The number of carbonyl (C=O) groups is 1. The maximum absolute atomic E-state index is 13.8. The molecule has 0 saturated carbocycles. The Hall–Kier alpha value is -2.34. The molecule has 1 fully saturated rings. The summed E-state index contributed by atoms with van der Waals surface area (Å²) >= 11 is 0. The molecule has 24 heavy (non-hydrogen) atoms. The van der Waals surface area contributed by atoms with Gasteiger partial charge in [0, 0.05) is 6.20 Å². The molecule has 1 aromatic carbocycles. The van der Waals surface area contributed by atoms with Gasteiger partial charge in [0.25, 0.3) is 0 Å². The summed E-state index contributed by atoms with van der Waals surface area (Å²) in [5.74, 6) is -1.34. The van der Waals surface area contributed by atoms with Gasteiger partial charge in [0.05, 0.1) is 23.3 Å². The average molecular weight is 331 g/mol. The van der Waals surface area contributed by atoms with Crippen LogP contribution < -0.4 is 10.6 Å². The highest BCUT2D eigenvalue weighted by atomic mass is 19.1. The molecule has 0 aliphatic carbocycles. The number of aromatic nitrogens is 1. The molecule has 1 aliphatic rings. The number of amides is 1. The van der Waals surface area contributed by atoms with Crippen molar-refractivity contribution in [1.29, 1.82) is 0 Å². The van der Waals surface area contributed by atoms with Gasteiger partial charge in [0.15, 0.2) is 0 Å². The van der Waals surface area contributed by atoms with Crippen molar-refractivity contribution in [2.45, 2.75) is 31.8 Å². The molecule has 2 unspecified atom stereocenters.